The molecule has 9 heavy (non-hydrogen) atoms. The van der Waals surface area contributed by atoms with Crippen molar-refractivity contribution in [2.24, 2.45) is 0 Å². The number of hydrogen-bond donors (Lipinski definition) is 1. The summed E-state index contributed by atoms with van der Waals surface area (Å²) < 4.78 is 1.32. The zero-order valence-electron chi connectivity index (χ0n) is 4.89. The van der Waals surface area contributed by atoms with Gasteiger partial charge in [0.1, 0.15) is 9.24 Å². The number of hydrogen-bond acceptors (Lipinski definition) is 2. The molecule has 0 aliphatic heterocycles. The second-order valence-corrected chi connectivity index (χ2v) is 2.37. The maximum atomic E-state index is 4.79. The Hall–Kier alpha value is 0.780. The molecule has 1 aromatic heterocycles. The first-order chi connectivity index (χ1) is 3.80. The van der Waals surface area contributed by atoms with E-state index in [1.807, 2.05) is 0 Å². The molecular weight excluding hydrogens is 211 g/mol. The Labute approximate surface area is 88.5 Å². The summed E-state index contributed by atoms with van der Waals surface area (Å²) in [5.41, 5.74) is 0. The minimum absolute atomic E-state index is 0. The summed E-state index contributed by atoms with van der Waals surface area (Å²) in [6.07, 6.45) is 3.33. The number of H-pyrrole nitrogens is 1. The van der Waals surface area contributed by atoms with Crippen LogP contribution in [0, 0.1) is 4.64 Å². The van der Waals surface area contributed by atoms with Crippen LogP contribution in [0.15, 0.2) is 17.0 Å². The zero-order chi connectivity index (χ0) is 5.98. The first-order valence-electron chi connectivity index (χ1n) is 2.00. The van der Waals surface area contributed by atoms with E-state index in [1.165, 1.54) is 0 Å². The molecular formula is C4H3BrN2NaS+. The fourth-order valence-electron chi connectivity index (χ4n) is 0.334. The Bertz CT molecular complexity index is 236. The van der Waals surface area contributed by atoms with Crippen LogP contribution in [0.25, 0.3) is 0 Å². The van der Waals surface area contributed by atoms with Crippen LogP contribution in [0.2, 0.25) is 0 Å². The van der Waals surface area contributed by atoms with Crippen molar-refractivity contribution >= 4 is 28.1 Å². The molecule has 0 saturated heterocycles. The van der Waals surface area contributed by atoms with Crippen molar-refractivity contribution in [2.45, 2.75) is 0 Å². The average molecular weight is 214 g/mol. The topological polar surface area (TPSA) is 28.7 Å². The molecule has 42 valence electrons. The second-order valence-electron chi connectivity index (χ2n) is 1.21. The normalized spacial score (nSPS) is 8.11. The average Bonchev–Trinajstić information content (AvgIpc) is 1.77. The van der Waals surface area contributed by atoms with Crippen LogP contribution in [0.1, 0.15) is 0 Å². The summed E-state index contributed by atoms with van der Waals surface area (Å²) in [4.78, 5) is 6.66. The molecule has 5 heteroatoms. The quantitative estimate of drug-likeness (QED) is 0.439. The summed E-state index contributed by atoms with van der Waals surface area (Å²) in [6.45, 7) is 0. The standard InChI is InChI=1S/C4H3BrN2S.Na/c5-3-4(8)7-2-1-6-3;/h1-2H,(H,7,8);/q;+1. The molecule has 0 fully saturated rings. The molecule has 1 rings (SSSR count). The summed E-state index contributed by atoms with van der Waals surface area (Å²) >= 11 is 7.94. The molecule has 0 bridgehead atoms. The van der Waals surface area contributed by atoms with Gasteiger partial charge in [-0.05, 0) is 15.9 Å². The predicted molar refractivity (Wildman–Crippen MR) is 37.1 cm³/mol. The Kier molecular flexibility index (Phi) is 4.97. The predicted octanol–water partition coefficient (Wildman–Crippen LogP) is -1.09. The molecule has 0 unspecified atom stereocenters. The number of rotatable bonds is 0. The Morgan fingerprint density at radius 2 is 2.33 bits per heavy atom. The molecule has 0 aliphatic rings. The van der Waals surface area contributed by atoms with Gasteiger partial charge in [0.15, 0.2) is 0 Å². The molecule has 0 amide bonds. The van der Waals surface area contributed by atoms with Gasteiger partial charge in [0.05, 0.1) is 0 Å². The summed E-state index contributed by atoms with van der Waals surface area (Å²) in [5, 5.41) is 0. The SMILES string of the molecule is S=c1[nH]ccnc1Br.[Na+]. The van der Waals surface area contributed by atoms with Gasteiger partial charge in [-0.2, -0.15) is 0 Å². The van der Waals surface area contributed by atoms with E-state index in [9.17, 15) is 0 Å². The third kappa shape index (κ3) is 2.91. The number of aromatic amines is 1. The first kappa shape index (κ1) is 9.78. The van der Waals surface area contributed by atoms with E-state index in [1.54, 1.807) is 12.4 Å². The van der Waals surface area contributed by atoms with Gasteiger partial charge in [-0.1, -0.05) is 12.2 Å². The van der Waals surface area contributed by atoms with Crippen molar-refractivity contribution in [1.29, 1.82) is 0 Å². The maximum absolute atomic E-state index is 4.79. The van der Waals surface area contributed by atoms with Crippen LogP contribution in [0.5, 0.6) is 0 Å². The minimum Gasteiger partial charge on any atom is -0.349 e. The van der Waals surface area contributed by atoms with Gasteiger partial charge < -0.3 is 4.98 Å². The van der Waals surface area contributed by atoms with E-state index in [-0.39, 0.29) is 29.6 Å². The van der Waals surface area contributed by atoms with Crippen molar-refractivity contribution in [3.8, 4) is 0 Å². The Morgan fingerprint density at radius 1 is 1.67 bits per heavy atom. The molecule has 1 heterocycles. The van der Waals surface area contributed by atoms with Gasteiger partial charge in [0.2, 0.25) is 0 Å². The van der Waals surface area contributed by atoms with Gasteiger partial charge in [-0.3, -0.25) is 0 Å². The van der Waals surface area contributed by atoms with Gasteiger partial charge in [-0.15, -0.1) is 0 Å². The Morgan fingerprint density at radius 3 is 2.67 bits per heavy atom. The van der Waals surface area contributed by atoms with Crippen LogP contribution in [0.3, 0.4) is 0 Å². The molecule has 0 atom stereocenters. The van der Waals surface area contributed by atoms with E-state index >= 15 is 0 Å². The molecule has 1 aromatic rings. The van der Waals surface area contributed by atoms with Crippen LogP contribution in [-0.4, -0.2) is 9.97 Å². The molecule has 0 aromatic carbocycles. The van der Waals surface area contributed by atoms with Gasteiger partial charge in [-0.25, -0.2) is 4.98 Å². The minimum atomic E-state index is 0. The smallest absolute Gasteiger partial charge is 0.349 e. The van der Waals surface area contributed by atoms with Crippen LogP contribution < -0.4 is 29.6 Å². The maximum Gasteiger partial charge on any atom is 1.00 e. The molecule has 2 nitrogen and oxygen atoms in total. The number of halogens is 1. The van der Waals surface area contributed by atoms with E-state index in [0.717, 1.165) is 0 Å². The fraction of sp³-hybridized carbons (Fsp3) is 0. The Balaban J connectivity index is 0.000000640. The number of aromatic nitrogens is 2. The van der Waals surface area contributed by atoms with E-state index in [0.29, 0.717) is 9.24 Å². The van der Waals surface area contributed by atoms with E-state index in [2.05, 4.69) is 25.9 Å². The van der Waals surface area contributed by atoms with Crippen LogP contribution in [-0.2, 0) is 0 Å². The van der Waals surface area contributed by atoms with Crippen molar-refractivity contribution in [3.05, 3.63) is 21.6 Å². The third-order valence-electron chi connectivity index (χ3n) is 0.664. The summed E-state index contributed by atoms with van der Waals surface area (Å²) in [6, 6.07) is 0. The van der Waals surface area contributed by atoms with Crippen molar-refractivity contribution in [1.82, 2.24) is 9.97 Å². The van der Waals surface area contributed by atoms with Gasteiger partial charge >= 0.3 is 29.6 Å². The summed E-state index contributed by atoms with van der Waals surface area (Å²) in [7, 11) is 0. The van der Waals surface area contributed by atoms with Crippen molar-refractivity contribution in [3.63, 3.8) is 0 Å². The second kappa shape index (κ2) is 4.57. The van der Waals surface area contributed by atoms with E-state index in [4.69, 9.17) is 12.2 Å². The van der Waals surface area contributed by atoms with Gasteiger partial charge in [0, 0.05) is 12.4 Å². The first-order valence-corrected chi connectivity index (χ1v) is 3.20. The molecule has 1 N–H and O–H groups in total. The molecule has 0 aliphatic carbocycles. The van der Waals surface area contributed by atoms with E-state index < -0.39 is 0 Å². The molecule has 0 spiro atoms. The monoisotopic (exact) mass is 213 g/mol. The third-order valence-corrected chi connectivity index (χ3v) is 1.84. The largest absolute Gasteiger partial charge is 1.00 e. The van der Waals surface area contributed by atoms with Crippen molar-refractivity contribution < 1.29 is 29.6 Å². The number of nitrogens with zero attached hydrogens (tertiary/aromatic N) is 1. The fourth-order valence-corrected chi connectivity index (χ4v) is 0.687. The molecule has 0 radical (unpaired) electrons. The van der Waals surface area contributed by atoms with Crippen LogP contribution in [0.4, 0.5) is 0 Å². The van der Waals surface area contributed by atoms with Crippen molar-refractivity contribution in [2.75, 3.05) is 0 Å². The van der Waals surface area contributed by atoms with Gasteiger partial charge in [0.25, 0.3) is 0 Å². The number of nitrogens with one attached hydrogen (secondary N) is 1. The van der Waals surface area contributed by atoms with Crippen LogP contribution >= 0.6 is 28.1 Å². The summed E-state index contributed by atoms with van der Waals surface area (Å²) in [5.74, 6) is 0. The zero-order valence-corrected chi connectivity index (χ0v) is 9.29. The molecule has 0 saturated carbocycles.